The van der Waals surface area contributed by atoms with Crippen molar-refractivity contribution >= 4 is 17.8 Å². The second-order valence-electron chi connectivity index (χ2n) is 3.91. The van der Waals surface area contributed by atoms with Gasteiger partial charge in [-0.3, -0.25) is 9.89 Å². The van der Waals surface area contributed by atoms with E-state index in [9.17, 15) is 4.79 Å². The summed E-state index contributed by atoms with van der Waals surface area (Å²) in [5.74, 6) is 1.56. The van der Waals surface area contributed by atoms with Gasteiger partial charge in [-0.25, -0.2) is 0 Å². The monoisotopic (exact) mass is 273 g/mol. The summed E-state index contributed by atoms with van der Waals surface area (Å²) in [6.07, 6.45) is 4.68. The Bertz CT molecular complexity index is 606. The minimum atomic E-state index is -0.246. The molecule has 1 aromatic heterocycles. The zero-order valence-corrected chi connectivity index (χ0v) is 11.2. The van der Waals surface area contributed by atoms with Crippen molar-refractivity contribution in [2.45, 2.75) is 0 Å². The van der Waals surface area contributed by atoms with Gasteiger partial charge in [-0.2, -0.15) is 5.10 Å². The molecule has 104 valence electrons. The predicted octanol–water partition coefficient (Wildman–Crippen LogP) is 2.08. The number of nitrogens with one attached hydrogen (secondary N) is 2. The number of rotatable bonds is 5. The zero-order valence-electron chi connectivity index (χ0n) is 11.2. The topological polar surface area (TPSA) is 76.2 Å². The number of nitrogens with zero attached hydrogens (tertiary/aromatic N) is 1. The van der Waals surface area contributed by atoms with E-state index in [4.69, 9.17) is 9.47 Å². The smallest absolute Gasteiger partial charge is 0.249 e. The van der Waals surface area contributed by atoms with E-state index in [0.29, 0.717) is 17.3 Å². The number of benzene rings is 1. The summed E-state index contributed by atoms with van der Waals surface area (Å²) >= 11 is 0. The molecule has 2 aromatic rings. The number of carbonyl (C=O) groups excluding carboxylic acids is 1. The lowest BCUT2D eigenvalue weighted by atomic mass is 10.2. The number of amides is 1. The molecule has 6 heteroatoms. The standard InChI is InChI=1S/C14H15N3O3/c1-19-11-5-3-10(9-12(11)20-2)4-6-14(18)16-13-7-8-15-17-13/h3-9H,1-2H3,(H2,15,16,17,18)/b6-4+. The molecule has 0 atom stereocenters. The molecule has 0 radical (unpaired) electrons. The lowest BCUT2D eigenvalue weighted by Crippen LogP contribution is -2.07. The van der Waals surface area contributed by atoms with Crippen molar-refractivity contribution in [2.24, 2.45) is 0 Å². The van der Waals surface area contributed by atoms with Crippen molar-refractivity contribution < 1.29 is 14.3 Å². The van der Waals surface area contributed by atoms with Crippen molar-refractivity contribution in [1.29, 1.82) is 0 Å². The Morgan fingerprint density at radius 3 is 2.70 bits per heavy atom. The Morgan fingerprint density at radius 2 is 2.05 bits per heavy atom. The molecule has 2 rings (SSSR count). The molecule has 0 aliphatic carbocycles. The largest absolute Gasteiger partial charge is 0.493 e. The second kappa shape index (κ2) is 6.42. The maximum atomic E-state index is 11.7. The third kappa shape index (κ3) is 3.38. The van der Waals surface area contributed by atoms with Gasteiger partial charge in [0, 0.05) is 12.1 Å². The van der Waals surface area contributed by atoms with E-state index in [1.165, 1.54) is 6.08 Å². The molecule has 0 saturated carbocycles. The van der Waals surface area contributed by atoms with Crippen LogP contribution >= 0.6 is 0 Å². The molecule has 1 heterocycles. The number of aromatic nitrogens is 2. The summed E-state index contributed by atoms with van der Waals surface area (Å²) in [6.45, 7) is 0. The lowest BCUT2D eigenvalue weighted by molar-refractivity contribution is -0.111. The summed E-state index contributed by atoms with van der Waals surface area (Å²) < 4.78 is 10.3. The summed E-state index contributed by atoms with van der Waals surface area (Å²) in [5, 5.41) is 9.03. The Balaban J connectivity index is 2.05. The van der Waals surface area contributed by atoms with Crippen LogP contribution in [0.1, 0.15) is 5.56 Å². The van der Waals surface area contributed by atoms with Gasteiger partial charge in [0.1, 0.15) is 5.82 Å². The Morgan fingerprint density at radius 1 is 1.25 bits per heavy atom. The van der Waals surface area contributed by atoms with Crippen molar-refractivity contribution in [3.8, 4) is 11.5 Å². The van der Waals surface area contributed by atoms with Gasteiger partial charge >= 0.3 is 0 Å². The molecular weight excluding hydrogens is 258 g/mol. The summed E-state index contributed by atoms with van der Waals surface area (Å²) in [7, 11) is 3.14. The quantitative estimate of drug-likeness (QED) is 0.818. The SMILES string of the molecule is COc1ccc(/C=C/C(=O)Nc2ccn[nH]2)cc1OC. The number of H-pyrrole nitrogens is 1. The average Bonchev–Trinajstić information content (AvgIpc) is 2.97. The van der Waals surface area contributed by atoms with Crippen LogP contribution in [-0.4, -0.2) is 30.3 Å². The molecule has 6 nitrogen and oxygen atoms in total. The molecule has 0 saturated heterocycles. The molecule has 0 aliphatic rings. The van der Waals surface area contributed by atoms with E-state index < -0.39 is 0 Å². The van der Waals surface area contributed by atoms with Crippen LogP contribution in [0.3, 0.4) is 0 Å². The normalized spacial score (nSPS) is 10.5. The zero-order chi connectivity index (χ0) is 14.4. The van der Waals surface area contributed by atoms with Crippen LogP contribution in [0.2, 0.25) is 0 Å². The highest BCUT2D eigenvalue weighted by molar-refractivity contribution is 6.01. The second-order valence-corrected chi connectivity index (χ2v) is 3.91. The average molecular weight is 273 g/mol. The van der Waals surface area contributed by atoms with Crippen LogP contribution in [0.25, 0.3) is 6.08 Å². The summed E-state index contributed by atoms with van der Waals surface area (Å²) in [4.78, 5) is 11.7. The molecular formula is C14H15N3O3. The van der Waals surface area contributed by atoms with Gasteiger partial charge in [-0.15, -0.1) is 0 Å². The first-order valence-corrected chi connectivity index (χ1v) is 5.93. The molecule has 2 N–H and O–H groups in total. The fourth-order valence-electron chi connectivity index (χ4n) is 1.63. The Labute approximate surface area is 116 Å². The van der Waals surface area contributed by atoms with Crippen LogP contribution < -0.4 is 14.8 Å². The van der Waals surface area contributed by atoms with Gasteiger partial charge in [-0.1, -0.05) is 6.07 Å². The van der Waals surface area contributed by atoms with E-state index in [0.717, 1.165) is 5.56 Å². The van der Waals surface area contributed by atoms with Crippen LogP contribution in [-0.2, 0) is 4.79 Å². The van der Waals surface area contributed by atoms with Crippen molar-refractivity contribution in [3.63, 3.8) is 0 Å². The fourth-order valence-corrected chi connectivity index (χ4v) is 1.63. The van der Waals surface area contributed by atoms with Crippen molar-refractivity contribution in [2.75, 3.05) is 19.5 Å². The van der Waals surface area contributed by atoms with Gasteiger partial charge in [0.15, 0.2) is 11.5 Å². The van der Waals surface area contributed by atoms with Gasteiger partial charge in [0.2, 0.25) is 5.91 Å². The van der Waals surface area contributed by atoms with Crippen LogP contribution in [0.5, 0.6) is 11.5 Å². The molecule has 0 spiro atoms. The number of carbonyl (C=O) groups is 1. The predicted molar refractivity (Wildman–Crippen MR) is 75.8 cm³/mol. The Kier molecular flexibility index (Phi) is 4.39. The number of aromatic amines is 1. The lowest BCUT2D eigenvalue weighted by Gasteiger charge is -2.07. The number of anilines is 1. The minimum absolute atomic E-state index is 0.246. The maximum absolute atomic E-state index is 11.7. The first kappa shape index (κ1) is 13.7. The van der Waals surface area contributed by atoms with Crippen LogP contribution in [0.15, 0.2) is 36.5 Å². The van der Waals surface area contributed by atoms with Gasteiger partial charge in [0.05, 0.1) is 20.4 Å². The van der Waals surface area contributed by atoms with Gasteiger partial charge in [0.25, 0.3) is 0 Å². The third-order valence-corrected chi connectivity index (χ3v) is 2.59. The van der Waals surface area contributed by atoms with Crippen molar-refractivity contribution in [3.05, 3.63) is 42.1 Å². The number of ether oxygens (including phenoxy) is 2. The molecule has 0 fully saturated rings. The molecule has 1 aromatic carbocycles. The fraction of sp³-hybridized carbons (Fsp3) is 0.143. The number of methoxy groups -OCH3 is 2. The van der Waals surface area contributed by atoms with Crippen LogP contribution in [0, 0.1) is 0 Å². The van der Waals surface area contributed by atoms with E-state index in [-0.39, 0.29) is 5.91 Å². The van der Waals surface area contributed by atoms with E-state index in [1.807, 2.05) is 6.07 Å². The van der Waals surface area contributed by atoms with Crippen LogP contribution in [0.4, 0.5) is 5.82 Å². The molecule has 20 heavy (non-hydrogen) atoms. The summed E-state index contributed by atoms with van der Waals surface area (Å²) in [6, 6.07) is 7.08. The highest BCUT2D eigenvalue weighted by Gasteiger charge is 2.03. The highest BCUT2D eigenvalue weighted by atomic mass is 16.5. The highest BCUT2D eigenvalue weighted by Crippen LogP contribution is 2.27. The van der Waals surface area contributed by atoms with Crippen molar-refractivity contribution in [1.82, 2.24) is 10.2 Å². The van der Waals surface area contributed by atoms with E-state index in [2.05, 4.69) is 15.5 Å². The minimum Gasteiger partial charge on any atom is -0.493 e. The van der Waals surface area contributed by atoms with Gasteiger partial charge < -0.3 is 14.8 Å². The number of hydrogen-bond acceptors (Lipinski definition) is 4. The maximum Gasteiger partial charge on any atom is 0.249 e. The van der Waals surface area contributed by atoms with Gasteiger partial charge in [-0.05, 0) is 23.8 Å². The van der Waals surface area contributed by atoms with E-state index in [1.54, 1.807) is 44.7 Å². The number of hydrogen-bond donors (Lipinski definition) is 2. The molecule has 0 bridgehead atoms. The first-order valence-electron chi connectivity index (χ1n) is 5.93. The third-order valence-electron chi connectivity index (χ3n) is 2.59. The Hall–Kier alpha value is -2.76. The summed E-state index contributed by atoms with van der Waals surface area (Å²) in [5.41, 5.74) is 0.836. The molecule has 1 amide bonds. The van der Waals surface area contributed by atoms with E-state index >= 15 is 0 Å². The molecule has 0 aliphatic heterocycles. The first-order chi connectivity index (χ1) is 9.72. The molecule has 0 unspecified atom stereocenters.